The number of benzene rings is 2. The molecule has 0 saturated carbocycles. The Morgan fingerprint density at radius 2 is 1.91 bits per heavy atom. The van der Waals surface area contributed by atoms with Crippen molar-refractivity contribution in [3.63, 3.8) is 0 Å². The molecule has 0 aliphatic heterocycles. The molecule has 9 nitrogen and oxygen atoms in total. The summed E-state index contributed by atoms with van der Waals surface area (Å²) in [5.41, 5.74) is 7.22. The van der Waals surface area contributed by atoms with Crippen molar-refractivity contribution < 1.29 is 9.53 Å². The molecule has 1 aromatic heterocycles. The van der Waals surface area contributed by atoms with E-state index in [-0.39, 0.29) is 30.5 Å². The lowest BCUT2D eigenvalue weighted by atomic mass is 10.2. The number of nitrogens with zero attached hydrogens (tertiary/aromatic N) is 2. The van der Waals surface area contributed by atoms with Crippen LogP contribution in [-0.4, -0.2) is 41.7 Å². The quantitative estimate of drug-likeness (QED) is 0.343. The highest BCUT2D eigenvalue weighted by Crippen LogP contribution is 2.18. The lowest BCUT2D eigenvalue weighted by molar-refractivity contribution is -0.119. The van der Waals surface area contributed by atoms with Crippen LogP contribution in [-0.2, 0) is 11.3 Å². The number of carbonyl (C=O) groups is 1. The minimum Gasteiger partial charge on any atom is -0.492 e. The summed E-state index contributed by atoms with van der Waals surface area (Å²) >= 11 is 0. The van der Waals surface area contributed by atoms with Crippen molar-refractivity contribution >= 4 is 17.4 Å². The first-order valence-corrected chi connectivity index (χ1v) is 11.8. The summed E-state index contributed by atoms with van der Waals surface area (Å²) in [6.45, 7) is 5.21. The van der Waals surface area contributed by atoms with Gasteiger partial charge in [0.2, 0.25) is 5.91 Å². The molecule has 0 unspecified atom stereocenters. The standard InChI is InChI=1S/C26H33N5O4/c1-3-4-14-30(18-22(32)28-13-15-35-21-12-8-9-19(2)16-21)23-24(27)31(26(34)29-25(23)33)17-20-10-6-5-7-11-20/h5-12,16H,3-4,13-15,17-18,27H2,1-2H3,(H,28,32)(H,29,33,34). The van der Waals surface area contributed by atoms with E-state index in [1.807, 2.05) is 68.4 Å². The number of hydrogen-bond acceptors (Lipinski definition) is 6. The molecule has 0 bridgehead atoms. The highest BCUT2D eigenvalue weighted by Gasteiger charge is 2.21. The number of carbonyl (C=O) groups excluding carboxylic acids is 1. The van der Waals surface area contributed by atoms with E-state index in [1.165, 1.54) is 4.57 Å². The van der Waals surface area contributed by atoms with Gasteiger partial charge in [-0.2, -0.15) is 0 Å². The molecule has 3 aromatic rings. The van der Waals surface area contributed by atoms with Crippen molar-refractivity contribution in [1.82, 2.24) is 14.9 Å². The van der Waals surface area contributed by atoms with Gasteiger partial charge in [0, 0.05) is 6.54 Å². The molecular formula is C26H33N5O4. The fraction of sp³-hybridized carbons (Fsp3) is 0.346. The van der Waals surface area contributed by atoms with Gasteiger partial charge < -0.3 is 20.7 Å². The summed E-state index contributed by atoms with van der Waals surface area (Å²) in [5.74, 6) is 0.506. The predicted molar refractivity (Wildman–Crippen MR) is 138 cm³/mol. The SMILES string of the molecule is CCCCN(CC(=O)NCCOc1cccc(C)c1)c1c(N)n(Cc2ccccc2)c(=O)[nH]c1=O. The van der Waals surface area contributed by atoms with Crippen molar-refractivity contribution in [2.45, 2.75) is 33.2 Å². The van der Waals surface area contributed by atoms with Gasteiger partial charge in [-0.1, -0.05) is 55.8 Å². The second-order valence-electron chi connectivity index (χ2n) is 8.35. The van der Waals surface area contributed by atoms with E-state index in [2.05, 4.69) is 10.3 Å². The molecule has 0 fully saturated rings. The molecule has 0 saturated heterocycles. The van der Waals surface area contributed by atoms with Crippen molar-refractivity contribution in [2.75, 3.05) is 36.9 Å². The number of ether oxygens (including phenoxy) is 1. The maximum Gasteiger partial charge on any atom is 0.330 e. The molecule has 0 aliphatic carbocycles. The van der Waals surface area contributed by atoms with E-state index in [0.29, 0.717) is 19.7 Å². The molecule has 0 radical (unpaired) electrons. The Hall–Kier alpha value is -4.01. The molecule has 1 heterocycles. The molecule has 2 aromatic carbocycles. The zero-order chi connectivity index (χ0) is 25.2. The fourth-order valence-corrected chi connectivity index (χ4v) is 3.72. The summed E-state index contributed by atoms with van der Waals surface area (Å²) < 4.78 is 6.99. The van der Waals surface area contributed by atoms with E-state index < -0.39 is 11.2 Å². The van der Waals surface area contributed by atoms with Crippen LogP contribution in [0.1, 0.15) is 30.9 Å². The molecule has 4 N–H and O–H groups in total. The Kier molecular flexibility index (Phi) is 9.11. The van der Waals surface area contributed by atoms with Crippen LogP contribution in [0.15, 0.2) is 64.2 Å². The number of amides is 1. The average molecular weight is 480 g/mol. The highest BCUT2D eigenvalue weighted by atomic mass is 16.5. The number of unbranched alkanes of at least 4 members (excludes halogenated alkanes) is 1. The number of aromatic nitrogens is 2. The van der Waals surface area contributed by atoms with Gasteiger partial charge in [-0.3, -0.25) is 19.1 Å². The maximum absolute atomic E-state index is 12.8. The van der Waals surface area contributed by atoms with Gasteiger partial charge in [-0.15, -0.1) is 0 Å². The third-order valence-electron chi connectivity index (χ3n) is 5.51. The Balaban J connectivity index is 1.72. The Bertz CT molecular complexity index is 1240. The van der Waals surface area contributed by atoms with E-state index in [0.717, 1.165) is 29.7 Å². The van der Waals surface area contributed by atoms with Gasteiger partial charge in [-0.05, 0) is 36.6 Å². The van der Waals surface area contributed by atoms with E-state index in [1.54, 1.807) is 4.90 Å². The van der Waals surface area contributed by atoms with E-state index in [9.17, 15) is 14.4 Å². The average Bonchev–Trinajstić information content (AvgIpc) is 2.83. The van der Waals surface area contributed by atoms with Crippen molar-refractivity contribution in [1.29, 1.82) is 0 Å². The molecule has 0 spiro atoms. The van der Waals surface area contributed by atoms with E-state index in [4.69, 9.17) is 10.5 Å². The molecule has 9 heteroatoms. The van der Waals surface area contributed by atoms with Gasteiger partial charge in [-0.25, -0.2) is 4.79 Å². The van der Waals surface area contributed by atoms with Gasteiger partial charge in [0.15, 0.2) is 0 Å². The highest BCUT2D eigenvalue weighted by molar-refractivity contribution is 5.82. The first kappa shape index (κ1) is 25.6. The second kappa shape index (κ2) is 12.5. The lowest BCUT2D eigenvalue weighted by Gasteiger charge is -2.25. The molecule has 35 heavy (non-hydrogen) atoms. The first-order chi connectivity index (χ1) is 16.9. The van der Waals surface area contributed by atoms with Gasteiger partial charge >= 0.3 is 5.69 Å². The number of H-pyrrole nitrogens is 1. The Labute approximate surface area is 204 Å². The number of anilines is 2. The van der Waals surface area contributed by atoms with E-state index >= 15 is 0 Å². The van der Waals surface area contributed by atoms with Crippen LogP contribution in [0.4, 0.5) is 11.5 Å². The number of nitrogens with two attached hydrogens (primary N) is 1. The summed E-state index contributed by atoms with van der Waals surface area (Å²) in [6.07, 6.45) is 1.62. The monoisotopic (exact) mass is 479 g/mol. The third-order valence-corrected chi connectivity index (χ3v) is 5.51. The van der Waals surface area contributed by atoms with Crippen LogP contribution >= 0.6 is 0 Å². The molecule has 3 rings (SSSR count). The summed E-state index contributed by atoms with van der Waals surface area (Å²) in [7, 11) is 0. The zero-order valence-electron chi connectivity index (χ0n) is 20.3. The minimum atomic E-state index is -0.608. The normalized spacial score (nSPS) is 10.7. The molecular weight excluding hydrogens is 446 g/mol. The summed E-state index contributed by atoms with van der Waals surface area (Å²) in [4.78, 5) is 41.9. The van der Waals surface area contributed by atoms with Crippen LogP contribution in [0.3, 0.4) is 0 Å². The topological polar surface area (TPSA) is 122 Å². The van der Waals surface area contributed by atoms with Crippen LogP contribution in [0.2, 0.25) is 0 Å². The fourth-order valence-electron chi connectivity index (χ4n) is 3.72. The Morgan fingerprint density at radius 3 is 2.63 bits per heavy atom. The van der Waals surface area contributed by atoms with Crippen LogP contribution < -0.4 is 31.9 Å². The molecule has 186 valence electrons. The van der Waals surface area contributed by atoms with Crippen molar-refractivity contribution in [3.8, 4) is 5.75 Å². The van der Waals surface area contributed by atoms with Crippen molar-refractivity contribution in [2.24, 2.45) is 0 Å². The summed E-state index contributed by atoms with van der Waals surface area (Å²) in [5, 5.41) is 2.82. The largest absolute Gasteiger partial charge is 0.492 e. The van der Waals surface area contributed by atoms with Gasteiger partial charge in [0.1, 0.15) is 23.9 Å². The van der Waals surface area contributed by atoms with Gasteiger partial charge in [0.05, 0.1) is 19.6 Å². The second-order valence-corrected chi connectivity index (χ2v) is 8.35. The number of aryl methyl sites for hydroxylation is 1. The third kappa shape index (κ3) is 7.23. The maximum atomic E-state index is 12.8. The van der Waals surface area contributed by atoms with Gasteiger partial charge in [0.25, 0.3) is 5.56 Å². The molecule has 1 amide bonds. The number of rotatable bonds is 12. The smallest absolute Gasteiger partial charge is 0.330 e. The predicted octanol–water partition coefficient (Wildman–Crippen LogP) is 2.28. The first-order valence-electron chi connectivity index (χ1n) is 11.8. The molecule has 0 aliphatic rings. The number of nitrogen functional groups attached to an aromatic ring is 1. The lowest BCUT2D eigenvalue weighted by Crippen LogP contribution is -2.44. The van der Waals surface area contributed by atoms with Crippen LogP contribution in [0.25, 0.3) is 0 Å². The number of hydrogen-bond donors (Lipinski definition) is 3. The number of aromatic amines is 1. The van der Waals surface area contributed by atoms with Crippen LogP contribution in [0, 0.1) is 6.92 Å². The zero-order valence-corrected chi connectivity index (χ0v) is 20.3. The van der Waals surface area contributed by atoms with Crippen molar-refractivity contribution in [3.05, 3.63) is 86.6 Å². The van der Waals surface area contributed by atoms with Crippen LogP contribution in [0.5, 0.6) is 5.75 Å². The summed E-state index contributed by atoms with van der Waals surface area (Å²) in [6, 6.07) is 17.0. The molecule has 0 atom stereocenters. The minimum absolute atomic E-state index is 0.0364. The number of nitrogens with one attached hydrogen (secondary N) is 2. The Morgan fingerprint density at radius 1 is 1.14 bits per heavy atom.